The third-order valence-corrected chi connectivity index (χ3v) is 5.45. The second-order valence-electron chi connectivity index (χ2n) is 6.33. The number of allylic oxidation sites excluding steroid dienone is 2. The molecule has 4 rings (SSSR count). The number of fused-ring (bicyclic) bond motifs is 1. The quantitative estimate of drug-likeness (QED) is 0.552. The van der Waals surface area contributed by atoms with Gasteiger partial charge in [-0.25, -0.2) is 0 Å². The van der Waals surface area contributed by atoms with Gasteiger partial charge in [-0.15, -0.1) is 0 Å². The maximum atomic E-state index is 13.0. The molecule has 2 N–H and O–H groups in total. The average Bonchev–Trinajstić information content (AvgIpc) is 2.95. The molecule has 1 aliphatic heterocycles. The summed E-state index contributed by atoms with van der Waals surface area (Å²) < 4.78 is 39.0. The number of thioether (sulfide) groups is 1. The van der Waals surface area contributed by atoms with Gasteiger partial charge in [-0.05, 0) is 40.1 Å². The second-order valence-corrected chi connectivity index (χ2v) is 7.41. The number of benzene rings is 3. The van der Waals surface area contributed by atoms with Crippen LogP contribution in [0.1, 0.15) is 16.7 Å². The average molecular weight is 397 g/mol. The smallest absolute Gasteiger partial charge is 0.393 e. The molecule has 6 heteroatoms. The van der Waals surface area contributed by atoms with Crippen molar-refractivity contribution in [3.8, 4) is 0 Å². The number of hydrogen-bond donors (Lipinski definition) is 1. The van der Waals surface area contributed by atoms with Gasteiger partial charge in [0.1, 0.15) is 0 Å². The van der Waals surface area contributed by atoms with Crippen LogP contribution in [0.5, 0.6) is 0 Å². The topological polar surface area (TPSA) is 43.1 Å². The van der Waals surface area contributed by atoms with Crippen molar-refractivity contribution < 1.29 is 18.0 Å². The van der Waals surface area contributed by atoms with Crippen LogP contribution < -0.4 is 5.73 Å². The molecule has 0 atom stereocenters. The maximum Gasteiger partial charge on any atom is 0.416 e. The van der Waals surface area contributed by atoms with Gasteiger partial charge in [-0.1, -0.05) is 66.4 Å². The molecule has 3 aromatic carbocycles. The van der Waals surface area contributed by atoms with Crippen molar-refractivity contribution in [1.29, 1.82) is 0 Å². The van der Waals surface area contributed by atoms with Gasteiger partial charge in [0, 0.05) is 0 Å². The van der Waals surface area contributed by atoms with Crippen LogP contribution in [0.2, 0.25) is 0 Å². The van der Waals surface area contributed by atoms with E-state index in [4.69, 9.17) is 5.73 Å². The van der Waals surface area contributed by atoms with Gasteiger partial charge in [0.15, 0.2) is 0 Å². The minimum atomic E-state index is -4.48. The lowest BCUT2D eigenvalue weighted by Gasteiger charge is -2.09. The summed E-state index contributed by atoms with van der Waals surface area (Å²) >= 11 is 1.08. The number of ketones is 1. The number of hydrogen-bond acceptors (Lipinski definition) is 3. The van der Waals surface area contributed by atoms with Crippen LogP contribution in [0.15, 0.2) is 76.7 Å². The number of carbonyl (C=O) groups is 1. The molecule has 0 aromatic heterocycles. The van der Waals surface area contributed by atoms with Gasteiger partial charge < -0.3 is 5.73 Å². The van der Waals surface area contributed by atoms with Crippen LogP contribution in [0.4, 0.5) is 13.2 Å². The van der Waals surface area contributed by atoms with E-state index < -0.39 is 11.7 Å². The number of rotatable bonds is 2. The lowest BCUT2D eigenvalue weighted by atomic mass is 9.98. The molecular weight excluding hydrogens is 383 g/mol. The molecular formula is C22H14F3NOS. The Kier molecular flexibility index (Phi) is 4.51. The van der Waals surface area contributed by atoms with Crippen LogP contribution in [0, 0.1) is 0 Å². The van der Waals surface area contributed by atoms with E-state index in [0.29, 0.717) is 4.91 Å². The van der Waals surface area contributed by atoms with Crippen molar-refractivity contribution in [3.63, 3.8) is 0 Å². The summed E-state index contributed by atoms with van der Waals surface area (Å²) in [4.78, 5) is 13.3. The third kappa shape index (κ3) is 3.31. The molecule has 0 saturated heterocycles. The van der Waals surface area contributed by atoms with Crippen LogP contribution in [-0.2, 0) is 11.0 Å². The molecule has 1 aliphatic rings. The predicted octanol–water partition coefficient (Wildman–Crippen LogP) is 5.84. The summed E-state index contributed by atoms with van der Waals surface area (Å²) in [5.74, 6) is -0.366. The molecule has 0 radical (unpaired) electrons. The van der Waals surface area contributed by atoms with E-state index in [1.165, 1.54) is 12.1 Å². The Morgan fingerprint density at radius 1 is 0.929 bits per heavy atom. The van der Waals surface area contributed by atoms with Gasteiger partial charge in [0.05, 0.1) is 21.1 Å². The lowest BCUT2D eigenvalue weighted by Crippen LogP contribution is -2.07. The zero-order valence-corrected chi connectivity index (χ0v) is 15.3. The molecule has 0 aliphatic carbocycles. The Labute approximate surface area is 163 Å². The maximum absolute atomic E-state index is 13.0. The highest BCUT2D eigenvalue weighted by atomic mass is 32.2. The van der Waals surface area contributed by atoms with Crippen LogP contribution in [-0.4, -0.2) is 5.78 Å². The summed E-state index contributed by atoms with van der Waals surface area (Å²) in [7, 11) is 0. The molecule has 2 nitrogen and oxygen atoms in total. The van der Waals surface area contributed by atoms with Crippen LogP contribution >= 0.6 is 11.8 Å². The van der Waals surface area contributed by atoms with Crippen molar-refractivity contribution in [2.75, 3.05) is 0 Å². The van der Waals surface area contributed by atoms with Gasteiger partial charge in [0.25, 0.3) is 0 Å². The Bertz CT molecular complexity index is 1160. The minimum absolute atomic E-state index is 0.114. The van der Waals surface area contributed by atoms with E-state index in [1.54, 1.807) is 6.08 Å². The summed E-state index contributed by atoms with van der Waals surface area (Å²) in [6.45, 7) is 0. The highest BCUT2D eigenvalue weighted by Crippen LogP contribution is 2.42. The normalized spacial score (nSPS) is 16.4. The summed E-state index contributed by atoms with van der Waals surface area (Å²) in [5, 5.41) is 2.22. The molecule has 3 aromatic rings. The fraction of sp³-hybridized carbons (Fsp3) is 0.0455. The van der Waals surface area contributed by atoms with E-state index in [0.717, 1.165) is 40.2 Å². The van der Waals surface area contributed by atoms with E-state index in [-0.39, 0.29) is 21.9 Å². The molecule has 140 valence electrons. The first kappa shape index (κ1) is 18.4. The van der Waals surface area contributed by atoms with E-state index >= 15 is 0 Å². The van der Waals surface area contributed by atoms with Crippen molar-refractivity contribution in [2.24, 2.45) is 5.73 Å². The van der Waals surface area contributed by atoms with Crippen molar-refractivity contribution in [3.05, 3.63) is 93.4 Å². The van der Waals surface area contributed by atoms with Crippen LogP contribution in [0.25, 0.3) is 22.4 Å². The molecule has 0 fully saturated rings. The zero-order chi connectivity index (χ0) is 19.9. The van der Waals surface area contributed by atoms with E-state index in [9.17, 15) is 18.0 Å². The molecule has 0 amide bonds. The summed E-state index contributed by atoms with van der Waals surface area (Å²) in [5.41, 5.74) is 6.35. The Morgan fingerprint density at radius 3 is 2.43 bits per heavy atom. The molecule has 1 heterocycles. The Balaban J connectivity index is 1.74. The van der Waals surface area contributed by atoms with E-state index in [1.807, 2.05) is 42.5 Å². The number of halogens is 3. The van der Waals surface area contributed by atoms with E-state index in [2.05, 4.69) is 0 Å². The van der Waals surface area contributed by atoms with Crippen molar-refractivity contribution in [1.82, 2.24) is 0 Å². The monoisotopic (exact) mass is 397 g/mol. The second kappa shape index (κ2) is 6.87. The molecule has 0 unspecified atom stereocenters. The Morgan fingerprint density at radius 2 is 1.64 bits per heavy atom. The highest BCUT2D eigenvalue weighted by Gasteiger charge is 2.33. The standard InChI is InChI=1S/C22H14F3NOS/c23-22(24,25)16-9-4-8-15(11-16)19-20(27)18(28-21(19)26)12-14-7-3-6-13-5-1-2-10-17(13)14/h1-12H,26H2. The fourth-order valence-electron chi connectivity index (χ4n) is 3.19. The highest BCUT2D eigenvalue weighted by molar-refractivity contribution is 8.08. The number of carbonyl (C=O) groups excluding carboxylic acids is 1. The minimum Gasteiger partial charge on any atom is -0.393 e. The fourth-order valence-corrected chi connectivity index (χ4v) is 4.12. The summed E-state index contributed by atoms with van der Waals surface area (Å²) in [6.07, 6.45) is -2.75. The molecule has 0 spiro atoms. The van der Waals surface area contributed by atoms with Gasteiger partial charge in [-0.3, -0.25) is 4.79 Å². The summed E-state index contributed by atoms with van der Waals surface area (Å²) in [6, 6.07) is 18.2. The first-order chi connectivity index (χ1) is 13.3. The number of Topliss-reactive ketones (excluding diaryl/α,β-unsaturated/α-hetero) is 1. The predicted molar refractivity (Wildman–Crippen MR) is 107 cm³/mol. The van der Waals surface area contributed by atoms with Crippen molar-refractivity contribution in [2.45, 2.75) is 6.18 Å². The molecule has 0 saturated carbocycles. The van der Waals surface area contributed by atoms with Crippen molar-refractivity contribution >= 4 is 40.0 Å². The number of nitrogens with two attached hydrogens (primary N) is 1. The molecule has 0 bridgehead atoms. The largest absolute Gasteiger partial charge is 0.416 e. The lowest BCUT2D eigenvalue weighted by molar-refractivity contribution is -0.137. The van der Waals surface area contributed by atoms with Crippen LogP contribution in [0.3, 0.4) is 0 Å². The first-order valence-electron chi connectivity index (χ1n) is 8.44. The van der Waals surface area contributed by atoms with Gasteiger partial charge in [0.2, 0.25) is 5.78 Å². The number of alkyl halides is 3. The first-order valence-corrected chi connectivity index (χ1v) is 9.25. The Hall–Kier alpha value is -2.99. The van der Waals surface area contributed by atoms with Gasteiger partial charge >= 0.3 is 6.18 Å². The third-order valence-electron chi connectivity index (χ3n) is 4.51. The SMILES string of the molecule is NC1=C(c2cccc(C(F)(F)F)c2)C(=O)C(=Cc2cccc3ccccc23)S1. The zero-order valence-electron chi connectivity index (χ0n) is 14.5. The van der Waals surface area contributed by atoms with Gasteiger partial charge in [-0.2, -0.15) is 13.2 Å². The molecule has 28 heavy (non-hydrogen) atoms.